The third-order valence-corrected chi connectivity index (χ3v) is 6.26. The number of nitrogens with one attached hydrogen (secondary N) is 1. The van der Waals surface area contributed by atoms with E-state index in [2.05, 4.69) is 41.4 Å². The van der Waals surface area contributed by atoms with Gasteiger partial charge in [0.05, 0.1) is 10.7 Å². The highest BCUT2D eigenvalue weighted by Crippen LogP contribution is 2.40. The topological polar surface area (TPSA) is 28.2 Å². The lowest BCUT2D eigenvalue weighted by Crippen LogP contribution is -2.51. The van der Waals surface area contributed by atoms with Gasteiger partial charge in [-0.05, 0) is 63.6 Å². The molecule has 0 aromatic carbocycles. The van der Waals surface area contributed by atoms with Crippen molar-refractivity contribution in [3.05, 3.63) is 16.1 Å². The van der Waals surface area contributed by atoms with Gasteiger partial charge in [-0.2, -0.15) is 0 Å². The monoisotopic (exact) mass is 307 g/mol. The lowest BCUT2D eigenvalue weighted by molar-refractivity contribution is 0.0964. The first kappa shape index (κ1) is 15.4. The first-order valence-electron chi connectivity index (χ1n) is 8.40. The molecule has 21 heavy (non-hydrogen) atoms. The molecule has 1 N–H and O–H groups in total. The Balaban J connectivity index is 1.37. The van der Waals surface area contributed by atoms with E-state index < -0.39 is 0 Å². The second-order valence-electron chi connectivity index (χ2n) is 7.57. The number of thiazole rings is 1. The molecule has 1 aliphatic heterocycles. The lowest BCUT2D eigenvalue weighted by Gasteiger charge is -2.46. The molecule has 3 nitrogen and oxygen atoms in total. The van der Waals surface area contributed by atoms with Crippen LogP contribution < -0.4 is 5.32 Å². The van der Waals surface area contributed by atoms with E-state index in [-0.39, 0.29) is 0 Å². The Hall–Kier alpha value is -0.450. The Morgan fingerprint density at radius 1 is 1.33 bits per heavy atom. The van der Waals surface area contributed by atoms with Gasteiger partial charge in [0.1, 0.15) is 0 Å². The zero-order valence-electron chi connectivity index (χ0n) is 13.7. The van der Waals surface area contributed by atoms with Crippen LogP contribution in [-0.2, 0) is 6.54 Å². The van der Waals surface area contributed by atoms with Gasteiger partial charge < -0.3 is 5.32 Å². The second-order valence-corrected chi connectivity index (χ2v) is 8.63. The summed E-state index contributed by atoms with van der Waals surface area (Å²) in [4.78, 5) is 7.15. The molecule has 1 aliphatic carbocycles. The molecule has 1 saturated heterocycles. The summed E-state index contributed by atoms with van der Waals surface area (Å²) in [5.74, 6) is 0.870. The lowest BCUT2D eigenvalue weighted by atomic mass is 9.67. The first-order chi connectivity index (χ1) is 10.0. The van der Waals surface area contributed by atoms with Crippen molar-refractivity contribution in [3.8, 4) is 0 Å². The number of piperidine rings is 1. The molecule has 0 bridgehead atoms. The van der Waals surface area contributed by atoms with E-state index in [0.717, 1.165) is 18.5 Å². The van der Waals surface area contributed by atoms with Crippen LogP contribution in [0.2, 0.25) is 0 Å². The predicted octanol–water partition coefficient (Wildman–Crippen LogP) is 3.44. The molecule has 1 unspecified atom stereocenters. The van der Waals surface area contributed by atoms with Gasteiger partial charge in [-0.15, -0.1) is 11.3 Å². The minimum Gasteiger partial charge on any atom is -0.313 e. The van der Waals surface area contributed by atoms with Gasteiger partial charge in [-0.1, -0.05) is 13.8 Å². The Kier molecular flexibility index (Phi) is 4.67. The Morgan fingerprint density at radius 3 is 2.62 bits per heavy atom. The van der Waals surface area contributed by atoms with Crippen LogP contribution >= 0.6 is 11.3 Å². The van der Waals surface area contributed by atoms with E-state index in [1.165, 1.54) is 56.0 Å². The summed E-state index contributed by atoms with van der Waals surface area (Å²) >= 11 is 1.77. The van der Waals surface area contributed by atoms with Crippen molar-refractivity contribution in [2.75, 3.05) is 19.6 Å². The number of hydrogen-bond acceptors (Lipinski definition) is 4. The SMILES string of the molecule is Cc1nc(CN2CCC(CNC3CCC3(C)C)CC2)cs1. The average molecular weight is 308 g/mol. The zero-order chi connectivity index (χ0) is 14.9. The maximum atomic E-state index is 4.58. The largest absolute Gasteiger partial charge is 0.313 e. The van der Waals surface area contributed by atoms with Gasteiger partial charge in [0.2, 0.25) is 0 Å². The van der Waals surface area contributed by atoms with Crippen molar-refractivity contribution in [3.63, 3.8) is 0 Å². The number of rotatable bonds is 5. The Labute approximate surface area is 133 Å². The van der Waals surface area contributed by atoms with Gasteiger partial charge in [-0.25, -0.2) is 4.98 Å². The van der Waals surface area contributed by atoms with E-state index in [0.29, 0.717) is 5.41 Å². The Bertz CT molecular complexity index is 460. The summed E-state index contributed by atoms with van der Waals surface area (Å²) in [6.07, 6.45) is 5.43. The number of likely N-dealkylation sites (tertiary alicyclic amines) is 1. The molecule has 1 aromatic heterocycles. The first-order valence-corrected chi connectivity index (χ1v) is 9.28. The summed E-state index contributed by atoms with van der Waals surface area (Å²) in [5, 5.41) is 7.21. The fourth-order valence-corrected chi connectivity index (χ4v) is 4.22. The smallest absolute Gasteiger partial charge is 0.0897 e. The number of aryl methyl sites for hydroxylation is 1. The molecule has 4 heteroatoms. The number of hydrogen-bond donors (Lipinski definition) is 1. The van der Waals surface area contributed by atoms with Crippen molar-refractivity contribution >= 4 is 11.3 Å². The van der Waals surface area contributed by atoms with Crippen LogP contribution in [-0.4, -0.2) is 35.6 Å². The minimum atomic E-state index is 0.531. The summed E-state index contributed by atoms with van der Waals surface area (Å²) in [6, 6.07) is 0.758. The molecule has 1 aromatic rings. The zero-order valence-corrected chi connectivity index (χ0v) is 14.5. The van der Waals surface area contributed by atoms with Crippen molar-refractivity contribution < 1.29 is 0 Å². The third-order valence-electron chi connectivity index (χ3n) is 5.43. The van der Waals surface area contributed by atoms with E-state index in [1.807, 2.05) is 0 Å². The van der Waals surface area contributed by atoms with Crippen LogP contribution in [0.4, 0.5) is 0 Å². The molecule has 0 spiro atoms. The van der Waals surface area contributed by atoms with E-state index in [1.54, 1.807) is 11.3 Å². The number of nitrogens with zero attached hydrogens (tertiary/aromatic N) is 2. The highest BCUT2D eigenvalue weighted by molar-refractivity contribution is 7.09. The van der Waals surface area contributed by atoms with Crippen LogP contribution in [0.15, 0.2) is 5.38 Å². The summed E-state index contributed by atoms with van der Waals surface area (Å²) < 4.78 is 0. The normalized spacial score (nSPS) is 26.7. The average Bonchev–Trinajstić information content (AvgIpc) is 2.85. The molecule has 3 rings (SSSR count). The highest BCUT2D eigenvalue weighted by atomic mass is 32.1. The highest BCUT2D eigenvalue weighted by Gasteiger charge is 2.38. The van der Waals surface area contributed by atoms with Crippen LogP contribution in [0.1, 0.15) is 50.2 Å². The predicted molar refractivity (Wildman–Crippen MR) is 89.7 cm³/mol. The molecule has 2 aliphatic rings. The molecule has 1 saturated carbocycles. The molecule has 0 amide bonds. The third kappa shape index (κ3) is 3.85. The molecule has 118 valence electrons. The molecule has 0 radical (unpaired) electrons. The van der Waals surface area contributed by atoms with E-state index in [9.17, 15) is 0 Å². The summed E-state index contributed by atoms with van der Waals surface area (Å²) in [5.41, 5.74) is 1.79. The van der Waals surface area contributed by atoms with Crippen molar-refractivity contribution in [1.29, 1.82) is 0 Å². The molecule has 2 fully saturated rings. The van der Waals surface area contributed by atoms with E-state index >= 15 is 0 Å². The molecular weight excluding hydrogens is 278 g/mol. The van der Waals surface area contributed by atoms with Crippen molar-refractivity contribution in [2.45, 2.75) is 59.0 Å². The van der Waals surface area contributed by atoms with Gasteiger partial charge in [-0.3, -0.25) is 4.90 Å². The standard InChI is InChI=1S/C17H29N3S/c1-13-19-15(12-21-13)11-20-8-5-14(6-9-20)10-18-16-4-7-17(16,2)3/h12,14,16,18H,4-11H2,1-3H3. The van der Waals surface area contributed by atoms with Gasteiger partial charge in [0.25, 0.3) is 0 Å². The maximum Gasteiger partial charge on any atom is 0.0897 e. The quantitative estimate of drug-likeness (QED) is 0.903. The maximum absolute atomic E-state index is 4.58. The summed E-state index contributed by atoms with van der Waals surface area (Å²) in [7, 11) is 0. The Morgan fingerprint density at radius 2 is 2.10 bits per heavy atom. The van der Waals surface area contributed by atoms with Crippen LogP contribution in [0.5, 0.6) is 0 Å². The second kappa shape index (κ2) is 6.35. The molecule has 1 atom stereocenters. The van der Waals surface area contributed by atoms with Crippen molar-refractivity contribution in [1.82, 2.24) is 15.2 Å². The molecular formula is C17H29N3S. The van der Waals surface area contributed by atoms with Crippen LogP contribution in [0.3, 0.4) is 0 Å². The van der Waals surface area contributed by atoms with E-state index in [4.69, 9.17) is 0 Å². The molecule has 2 heterocycles. The fourth-order valence-electron chi connectivity index (χ4n) is 3.61. The van der Waals surface area contributed by atoms with Crippen LogP contribution in [0, 0.1) is 18.3 Å². The van der Waals surface area contributed by atoms with Gasteiger partial charge in [0, 0.05) is 18.0 Å². The van der Waals surface area contributed by atoms with Gasteiger partial charge >= 0.3 is 0 Å². The number of aromatic nitrogens is 1. The van der Waals surface area contributed by atoms with Gasteiger partial charge in [0.15, 0.2) is 0 Å². The minimum absolute atomic E-state index is 0.531. The summed E-state index contributed by atoms with van der Waals surface area (Å²) in [6.45, 7) is 11.6. The van der Waals surface area contributed by atoms with Crippen LogP contribution in [0.25, 0.3) is 0 Å². The fraction of sp³-hybridized carbons (Fsp3) is 0.824. The van der Waals surface area contributed by atoms with Crippen molar-refractivity contribution in [2.24, 2.45) is 11.3 Å².